The molecule has 3 heterocycles. The number of aliphatic hydroxyl groups excluding tert-OH is 1. The van der Waals surface area contributed by atoms with Crippen LogP contribution in [-0.4, -0.2) is 49.4 Å². The summed E-state index contributed by atoms with van der Waals surface area (Å²) >= 11 is 0. The number of aliphatic hydroxyl groups is 1. The molecule has 0 aliphatic carbocycles. The zero-order chi connectivity index (χ0) is 16.6. The summed E-state index contributed by atoms with van der Waals surface area (Å²) < 4.78 is 12.5. The highest BCUT2D eigenvalue weighted by atomic mass is 16.6. The van der Waals surface area contributed by atoms with Crippen molar-refractivity contribution in [1.29, 1.82) is 0 Å². The highest BCUT2D eigenvalue weighted by Gasteiger charge is 2.36. The van der Waals surface area contributed by atoms with Crippen LogP contribution in [0.25, 0.3) is 11.2 Å². The van der Waals surface area contributed by atoms with Crippen LogP contribution in [0.2, 0.25) is 0 Å². The van der Waals surface area contributed by atoms with Crippen LogP contribution in [0.5, 0.6) is 0 Å². The third kappa shape index (κ3) is 2.88. The zero-order valence-corrected chi connectivity index (χ0v) is 12.5. The Labute approximate surface area is 131 Å². The van der Waals surface area contributed by atoms with Gasteiger partial charge in [0, 0.05) is 12.0 Å². The number of aromatic nitrogens is 4. The molecule has 0 amide bonds. The lowest BCUT2D eigenvalue weighted by Gasteiger charge is -2.15. The van der Waals surface area contributed by atoms with Crippen molar-refractivity contribution in [2.75, 3.05) is 12.3 Å². The van der Waals surface area contributed by atoms with Gasteiger partial charge in [0.15, 0.2) is 11.5 Å². The predicted molar refractivity (Wildman–Crippen MR) is 80.0 cm³/mol. The lowest BCUT2D eigenvalue weighted by molar-refractivity contribution is -0.145. The summed E-state index contributed by atoms with van der Waals surface area (Å²) in [6.45, 7) is 5.01. The summed E-state index contributed by atoms with van der Waals surface area (Å²) in [4.78, 5) is 23.6. The van der Waals surface area contributed by atoms with Crippen LogP contribution in [0.4, 0.5) is 5.82 Å². The van der Waals surface area contributed by atoms with Crippen LogP contribution in [0.1, 0.15) is 19.6 Å². The smallest absolute Gasteiger partial charge is 0.333 e. The quantitative estimate of drug-likeness (QED) is 0.603. The molecule has 2 aromatic heterocycles. The molecule has 3 N–H and O–H groups in total. The predicted octanol–water partition coefficient (Wildman–Crippen LogP) is 0.176. The van der Waals surface area contributed by atoms with E-state index in [9.17, 15) is 9.90 Å². The number of nitrogen functional groups attached to an aromatic ring is 1. The number of hydrogen-bond acceptors (Lipinski definition) is 8. The number of imidazole rings is 1. The Balaban J connectivity index is 1.74. The van der Waals surface area contributed by atoms with Gasteiger partial charge in [-0.1, -0.05) is 6.58 Å². The Bertz CT molecular complexity index is 759. The third-order valence-corrected chi connectivity index (χ3v) is 3.63. The van der Waals surface area contributed by atoms with Crippen LogP contribution in [0.15, 0.2) is 24.8 Å². The van der Waals surface area contributed by atoms with E-state index in [-0.39, 0.29) is 12.4 Å². The Morgan fingerprint density at radius 1 is 1.57 bits per heavy atom. The van der Waals surface area contributed by atoms with E-state index in [1.807, 2.05) is 0 Å². The van der Waals surface area contributed by atoms with Crippen LogP contribution >= 0.6 is 0 Å². The van der Waals surface area contributed by atoms with E-state index in [1.54, 1.807) is 11.5 Å². The molecule has 0 spiro atoms. The maximum atomic E-state index is 11.4. The summed E-state index contributed by atoms with van der Waals surface area (Å²) in [5, 5.41) is 10.1. The first kappa shape index (κ1) is 15.4. The second-order valence-corrected chi connectivity index (χ2v) is 5.39. The molecule has 9 heteroatoms. The normalized spacial score (nSPS) is 24.0. The number of nitrogens with zero attached hydrogens (tertiary/aromatic N) is 4. The lowest BCUT2D eigenvalue weighted by Crippen LogP contribution is -2.28. The lowest BCUT2D eigenvalue weighted by atomic mass is 10.2. The molecule has 3 atom stereocenters. The molecule has 0 unspecified atom stereocenters. The molecule has 122 valence electrons. The Hall–Kier alpha value is -2.52. The van der Waals surface area contributed by atoms with Gasteiger partial charge in [0.2, 0.25) is 0 Å². The molecule has 3 rings (SSSR count). The van der Waals surface area contributed by atoms with Crippen molar-refractivity contribution in [2.45, 2.75) is 31.8 Å². The van der Waals surface area contributed by atoms with Crippen molar-refractivity contribution in [2.24, 2.45) is 0 Å². The van der Waals surface area contributed by atoms with Gasteiger partial charge in [-0.2, -0.15) is 0 Å². The Kier molecular flexibility index (Phi) is 3.97. The zero-order valence-electron chi connectivity index (χ0n) is 12.5. The highest BCUT2D eigenvalue weighted by molar-refractivity contribution is 5.86. The fraction of sp³-hybridized carbons (Fsp3) is 0.429. The molecule has 0 aromatic carbocycles. The Morgan fingerprint density at radius 3 is 3.09 bits per heavy atom. The van der Waals surface area contributed by atoms with Crippen LogP contribution < -0.4 is 5.73 Å². The molecular weight excluding hydrogens is 302 g/mol. The largest absolute Gasteiger partial charge is 0.459 e. The molecule has 0 bridgehead atoms. The van der Waals surface area contributed by atoms with Gasteiger partial charge in [0.1, 0.15) is 30.8 Å². The van der Waals surface area contributed by atoms with Crippen molar-refractivity contribution in [1.82, 2.24) is 19.5 Å². The van der Waals surface area contributed by atoms with E-state index >= 15 is 0 Å². The highest BCUT2D eigenvalue weighted by Crippen LogP contribution is 2.31. The van der Waals surface area contributed by atoms with E-state index in [0.29, 0.717) is 23.2 Å². The van der Waals surface area contributed by atoms with Crippen LogP contribution in [0, 0.1) is 0 Å². The van der Waals surface area contributed by atoms with Gasteiger partial charge in [-0.3, -0.25) is 4.57 Å². The van der Waals surface area contributed by atoms with Crippen molar-refractivity contribution < 1.29 is 19.4 Å². The number of nitrogens with two attached hydrogens (primary N) is 1. The summed E-state index contributed by atoms with van der Waals surface area (Å²) in [7, 11) is 0. The molecule has 0 saturated carbocycles. The van der Waals surface area contributed by atoms with Gasteiger partial charge < -0.3 is 20.3 Å². The maximum Gasteiger partial charge on any atom is 0.333 e. The van der Waals surface area contributed by atoms with Gasteiger partial charge in [-0.05, 0) is 6.92 Å². The van der Waals surface area contributed by atoms with E-state index in [4.69, 9.17) is 15.2 Å². The number of carbonyl (C=O) groups is 1. The summed E-state index contributed by atoms with van der Waals surface area (Å²) in [6, 6.07) is 0. The van der Waals surface area contributed by atoms with Gasteiger partial charge >= 0.3 is 5.97 Å². The Morgan fingerprint density at radius 2 is 2.35 bits per heavy atom. The summed E-state index contributed by atoms with van der Waals surface area (Å²) in [5.74, 6) is -0.239. The molecule has 0 radical (unpaired) electrons. The van der Waals surface area contributed by atoms with E-state index < -0.39 is 24.4 Å². The van der Waals surface area contributed by atoms with Crippen molar-refractivity contribution >= 4 is 23.0 Å². The first-order valence-electron chi connectivity index (χ1n) is 7.06. The van der Waals surface area contributed by atoms with E-state index in [0.717, 1.165) is 0 Å². The topological polar surface area (TPSA) is 125 Å². The molecular formula is C14H17N5O4. The van der Waals surface area contributed by atoms with Gasteiger partial charge in [-0.25, -0.2) is 19.7 Å². The molecule has 2 aromatic rings. The second-order valence-electron chi connectivity index (χ2n) is 5.39. The van der Waals surface area contributed by atoms with E-state index in [2.05, 4.69) is 21.5 Å². The molecule has 1 aliphatic rings. The minimum absolute atomic E-state index is 0.0485. The minimum atomic E-state index is -0.769. The first-order valence-corrected chi connectivity index (χ1v) is 7.06. The molecule has 23 heavy (non-hydrogen) atoms. The molecule has 1 aliphatic heterocycles. The first-order chi connectivity index (χ1) is 11.0. The summed E-state index contributed by atoms with van der Waals surface area (Å²) in [6.07, 6.45) is 1.33. The van der Waals surface area contributed by atoms with Gasteiger partial charge in [-0.15, -0.1) is 0 Å². The molecule has 1 fully saturated rings. The number of carbonyl (C=O) groups excluding carboxylic acids is 1. The number of esters is 1. The second kappa shape index (κ2) is 5.94. The van der Waals surface area contributed by atoms with Crippen LogP contribution in [0.3, 0.4) is 0 Å². The average molecular weight is 319 g/mol. The fourth-order valence-corrected chi connectivity index (χ4v) is 2.40. The van der Waals surface area contributed by atoms with Gasteiger partial charge in [0.25, 0.3) is 0 Å². The van der Waals surface area contributed by atoms with Gasteiger partial charge in [0.05, 0.1) is 12.4 Å². The van der Waals surface area contributed by atoms with E-state index in [1.165, 1.54) is 12.7 Å². The molecule has 9 nitrogen and oxygen atoms in total. The fourth-order valence-electron chi connectivity index (χ4n) is 2.40. The number of rotatable bonds is 4. The maximum absolute atomic E-state index is 11.4. The minimum Gasteiger partial charge on any atom is -0.459 e. The standard InChI is InChI=1S/C14H17N5O4/c1-7(2)14(21)22-4-9-8(20)3-10(23-9)19-6-18-11-12(15)16-5-17-13(11)19/h5-6,8-10,20H,1,3-4H2,2H3,(H2,15,16,17)/t8-,9+,10+/m0/s1. The monoisotopic (exact) mass is 319 g/mol. The van der Waals surface area contributed by atoms with Crippen molar-refractivity contribution in [3.63, 3.8) is 0 Å². The number of ether oxygens (including phenoxy) is 2. The molecule has 1 saturated heterocycles. The van der Waals surface area contributed by atoms with Crippen LogP contribution in [-0.2, 0) is 14.3 Å². The van der Waals surface area contributed by atoms with Crippen molar-refractivity contribution in [3.8, 4) is 0 Å². The third-order valence-electron chi connectivity index (χ3n) is 3.63. The summed E-state index contributed by atoms with van der Waals surface area (Å²) in [5.41, 5.74) is 7.04. The number of hydrogen-bond donors (Lipinski definition) is 2. The SMILES string of the molecule is C=C(C)C(=O)OC[C@H]1O[C@@H](n2cnc3c(N)ncnc32)C[C@@H]1O. The average Bonchev–Trinajstić information content (AvgIpc) is 3.09. The van der Waals surface area contributed by atoms with Crippen molar-refractivity contribution in [3.05, 3.63) is 24.8 Å². The number of anilines is 1. The number of fused-ring (bicyclic) bond motifs is 1.